The average Bonchev–Trinajstić information content (AvgIpc) is 2.74. The molecule has 0 radical (unpaired) electrons. The molecule has 5 nitrogen and oxygen atoms in total. The first kappa shape index (κ1) is 20.0. The maximum atomic E-state index is 11.6. The quantitative estimate of drug-likeness (QED) is 0.457. The molecule has 160 valence electrons. The highest BCUT2D eigenvalue weighted by Gasteiger charge is 2.41. The van der Waals surface area contributed by atoms with Crippen LogP contribution in [-0.4, -0.2) is 48.5 Å². The van der Waals surface area contributed by atoms with Crippen LogP contribution in [0.15, 0.2) is 54.6 Å². The molecule has 0 saturated carbocycles. The summed E-state index contributed by atoms with van der Waals surface area (Å²) < 4.78 is 12.6. The van der Waals surface area contributed by atoms with Crippen LogP contribution in [-0.2, 0) is 9.53 Å². The smallest absolute Gasteiger partial charge is 0.303 e. The van der Waals surface area contributed by atoms with E-state index >= 15 is 0 Å². The standard InChI is InChI=1S/C26H27NO4/c1-15-13-21(27(2)3)20(14-23(28)29)26(30-15)31-22-12-10-18-8-7-16-5-4-6-17-9-11-19(22)25(18)24(16)17/h4-12,15,20-21,26H,13-14H2,1-3H3,(H,28,29). The Balaban J connectivity index is 1.60. The second-order valence-corrected chi connectivity index (χ2v) is 8.88. The number of rotatable bonds is 5. The summed E-state index contributed by atoms with van der Waals surface area (Å²) in [7, 11) is 3.98. The number of carboxylic acid groups (broad SMARTS) is 1. The third kappa shape index (κ3) is 3.48. The summed E-state index contributed by atoms with van der Waals surface area (Å²) in [6.07, 6.45) is 0.156. The first-order valence-electron chi connectivity index (χ1n) is 10.8. The molecule has 4 aromatic carbocycles. The molecule has 4 unspecified atom stereocenters. The van der Waals surface area contributed by atoms with E-state index < -0.39 is 12.3 Å². The van der Waals surface area contributed by atoms with Gasteiger partial charge in [0.25, 0.3) is 0 Å². The van der Waals surface area contributed by atoms with Gasteiger partial charge in [-0.3, -0.25) is 4.79 Å². The van der Waals surface area contributed by atoms with Gasteiger partial charge in [0.1, 0.15) is 5.75 Å². The number of nitrogens with zero attached hydrogens (tertiary/aromatic N) is 1. The molecule has 4 aromatic rings. The highest BCUT2D eigenvalue weighted by Crippen LogP contribution is 2.40. The lowest BCUT2D eigenvalue weighted by molar-refractivity contribution is -0.197. The van der Waals surface area contributed by atoms with Gasteiger partial charge in [-0.15, -0.1) is 0 Å². The summed E-state index contributed by atoms with van der Waals surface area (Å²) >= 11 is 0. The molecule has 1 aliphatic rings. The van der Waals surface area contributed by atoms with Crippen molar-refractivity contribution >= 4 is 38.3 Å². The van der Waals surface area contributed by atoms with Gasteiger partial charge in [-0.2, -0.15) is 0 Å². The molecule has 1 N–H and O–H groups in total. The molecule has 5 heteroatoms. The van der Waals surface area contributed by atoms with E-state index in [0.717, 1.165) is 22.9 Å². The first-order valence-corrected chi connectivity index (χ1v) is 10.8. The van der Waals surface area contributed by atoms with E-state index in [1.54, 1.807) is 0 Å². The lowest BCUT2D eigenvalue weighted by atomic mass is 9.87. The normalized spacial score (nSPS) is 24.4. The molecule has 5 rings (SSSR count). The molecule has 0 aliphatic carbocycles. The number of hydrogen-bond acceptors (Lipinski definition) is 4. The molecule has 0 amide bonds. The Hall–Kier alpha value is -2.89. The largest absolute Gasteiger partial charge is 0.481 e. The Morgan fingerprint density at radius 3 is 2.35 bits per heavy atom. The maximum absolute atomic E-state index is 11.6. The highest BCUT2D eigenvalue weighted by atomic mass is 16.7. The van der Waals surface area contributed by atoms with Crippen LogP contribution < -0.4 is 4.74 Å². The minimum atomic E-state index is -0.834. The van der Waals surface area contributed by atoms with E-state index in [0.29, 0.717) is 0 Å². The molecule has 1 saturated heterocycles. The first-order chi connectivity index (χ1) is 14.9. The zero-order chi connectivity index (χ0) is 21.7. The average molecular weight is 418 g/mol. The summed E-state index contributed by atoms with van der Waals surface area (Å²) in [4.78, 5) is 13.7. The number of benzene rings is 4. The van der Waals surface area contributed by atoms with Crippen LogP contribution in [0.25, 0.3) is 32.3 Å². The van der Waals surface area contributed by atoms with Gasteiger partial charge in [-0.25, -0.2) is 0 Å². The van der Waals surface area contributed by atoms with Gasteiger partial charge in [0, 0.05) is 22.7 Å². The van der Waals surface area contributed by atoms with Gasteiger partial charge < -0.3 is 19.5 Å². The van der Waals surface area contributed by atoms with Crippen LogP contribution in [0.3, 0.4) is 0 Å². The lowest BCUT2D eigenvalue weighted by Gasteiger charge is -2.43. The fourth-order valence-electron chi connectivity index (χ4n) is 5.16. The van der Waals surface area contributed by atoms with Gasteiger partial charge in [0.05, 0.1) is 12.5 Å². The SMILES string of the molecule is CC1CC(N(C)C)C(CC(=O)O)C(Oc2ccc3ccc4cccc5ccc2c3c45)O1. The molecular formula is C26H27NO4. The van der Waals surface area contributed by atoms with Gasteiger partial charge in [0.15, 0.2) is 0 Å². The van der Waals surface area contributed by atoms with Crippen molar-refractivity contribution in [2.45, 2.75) is 38.2 Å². The fourth-order valence-corrected chi connectivity index (χ4v) is 5.16. The number of aliphatic carboxylic acids is 1. The molecular weight excluding hydrogens is 390 g/mol. The van der Waals surface area contributed by atoms with E-state index in [2.05, 4.69) is 53.4 Å². The van der Waals surface area contributed by atoms with Crippen LogP contribution in [0, 0.1) is 5.92 Å². The maximum Gasteiger partial charge on any atom is 0.303 e. The third-order valence-corrected chi connectivity index (χ3v) is 6.59. The predicted octanol–water partition coefficient (Wildman–Crippen LogP) is 5.12. The van der Waals surface area contributed by atoms with Crippen molar-refractivity contribution in [2.24, 2.45) is 5.92 Å². The Bertz CT molecular complexity index is 1230. The summed E-state index contributed by atoms with van der Waals surface area (Å²) in [5, 5.41) is 16.5. The molecule has 31 heavy (non-hydrogen) atoms. The van der Waals surface area contributed by atoms with Crippen molar-refractivity contribution in [3.8, 4) is 5.75 Å². The topological polar surface area (TPSA) is 59.0 Å². The van der Waals surface area contributed by atoms with Gasteiger partial charge >= 0.3 is 5.97 Å². The van der Waals surface area contributed by atoms with Crippen molar-refractivity contribution in [2.75, 3.05) is 14.1 Å². The van der Waals surface area contributed by atoms with E-state index in [-0.39, 0.29) is 24.5 Å². The molecule has 1 aliphatic heterocycles. The molecule has 1 fully saturated rings. The Morgan fingerprint density at radius 2 is 1.68 bits per heavy atom. The van der Waals surface area contributed by atoms with Gasteiger partial charge in [0.2, 0.25) is 6.29 Å². The summed E-state index contributed by atoms with van der Waals surface area (Å²) in [6, 6.07) is 19.0. The Kier molecular flexibility index (Phi) is 4.95. The van der Waals surface area contributed by atoms with Crippen molar-refractivity contribution in [1.29, 1.82) is 0 Å². The number of ether oxygens (including phenoxy) is 2. The second-order valence-electron chi connectivity index (χ2n) is 8.88. The number of carbonyl (C=O) groups is 1. The van der Waals surface area contributed by atoms with E-state index in [4.69, 9.17) is 9.47 Å². The minimum absolute atomic E-state index is 0.00602. The van der Waals surface area contributed by atoms with Crippen LogP contribution in [0.2, 0.25) is 0 Å². The van der Waals surface area contributed by atoms with E-state index in [1.807, 2.05) is 27.1 Å². The summed E-state index contributed by atoms with van der Waals surface area (Å²) in [5.41, 5.74) is 0. The van der Waals surface area contributed by atoms with Crippen molar-refractivity contribution in [3.63, 3.8) is 0 Å². The molecule has 4 atom stereocenters. The zero-order valence-corrected chi connectivity index (χ0v) is 18.0. The zero-order valence-electron chi connectivity index (χ0n) is 18.0. The molecule has 0 bridgehead atoms. The molecule has 0 aromatic heterocycles. The minimum Gasteiger partial charge on any atom is -0.481 e. The van der Waals surface area contributed by atoms with E-state index in [1.165, 1.54) is 21.5 Å². The van der Waals surface area contributed by atoms with Crippen molar-refractivity contribution in [3.05, 3.63) is 54.6 Å². The lowest BCUT2D eigenvalue weighted by Crippen LogP contribution is -2.52. The van der Waals surface area contributed by atoms with Gasteiger partial charge in [-0.05, 0) is 61.1 Å². The monoisotopic (exact) mass is 417 g/mol. The van der Waals surface area contributed by atoms with Crippen molar-refractivity contribution in [1.82, 2.24) is 4.90 Å². The fraction of sp³-hybridized carbons (Fsp3) is 0.346. The highest BCUT2D eigenvalue weighted by molar-refractivity contribution is 6.24. The summed E-state index contributed by atoms with van der Waals surface area (Å²) in [6.45, 7) is 2.02. The molecule has 0 spiro atoms. The van der Waals surface area contributed by atoms with Crippen LogP contribution in [0.4, 0.5) is 0 Å². The summed E-state index contributed by atoms with van der Waals surface area (Å²) in [5.74, 6) is -0.362. The number of carboxylic acids is 1. The Morgan fingerprint density at radius 1 is 1.03 bits per heavy atom. The Labute approximate surface area is 181 Å². The van der Waals surface area contributed by atoms with Crippen molar-refractivity contribution < 1.29 is 19.4 Å². The van der Waals surface area contributed by atoms with Gasteiger partial charge in [-0.1, -0.05) is 42.5 Å². The third-order valence-electron chi connectivity index (χ3n) is 6.59. The predicted molar refractivity (Wildman–Crippen MR) is 123 cm³/mol. The van der Waals surface area contributed by atoms with Crippen LogP contribution in [0.5, 0.6) is 5.75 Å². The second kappa shape index (κ2) is 7.66. The van der Waals surface area contributed by atoms with Crippen LogP contribution in [0.1, 0.15) is 19.8 Å². The molecule has 1 heterocycles. The van der Waals surface area contributed by atoms with E-state index in [9.17, 15) is 9.90 Å². The number of hydrogen-bond donors (Lipinski definition) is 1. The van der Waals surface area contributed by atoms with Crippen LogP contribution >= 0.6 is 0 Å².